The van der Waals surface area contributed by atoms with Crippen molar-refractivity contribution in [1.29, 1.82) is 0 Å². The van der Waals surface area contributed by atoms with Crippen molar-refractivity contribution in [1.82, 2.24) is 10.0 Å². The molecule has 0 aliphatic heterocycles. The molecule has 1 unspecified atom stereocenters. The second kappa shape index (κ2) is 10.1. The number of halogens is 2. The monoisotopic (exact) mass is 458 g/mol. The van der Waals surface area contributed by atoms with Gasteiger partial charge in [0, 0.05) is 10.0 Å². The van der Waals surface area contributed by atoms with E-state index >= 15 is 0 Å². The maximum atomic E-state index is 12.6. The minimum absolute atomic E-state index is 0.0228. The van der Waals surface area contributed by atoms with Crippen LogP contribution in [0.1, 0.15) is 24.9 Å². The van der Waals surface area contributed by atoms with Gasteiger partial charge in [-0.25, -0.2) is 8.42 Å². The first-order valence-corrected chi connectivity index (χ1v) is 10.8. The second-order valence-corrected chi connectivity index (χ2v) is 8.78. The topological polar surface area (TPSA) is 102 Å². The summed E-state index contributed by atoms with van der Waals surface area (Å²) in [5, 5.41) is 3.56. The van der Waals surface area contributed by atoms with Crippen LogP contribution in [0.15, 0.2) is 53.4 Å². The van der Waals surface area contributed by atoms with Gasteiger partial charge in [0.1, 0.15) is 0 Å². The highest BCUT2D eigenvalue weighted by molar-refractivity contribution is 7.89. The number of benzene rings is 2. The van der Waals surface area contributed by atoms with E-state index in [9.17, 15) is 18.0 Å². The van der Waals surface area contributed by atoms with Crippen LogP contribution in [0, 0.1) is 0 Å². The van der Waals surface area contributed by atoms with Crippen molar-refractivity contribution in [2.24, 2.45) is 0 Å². The lowest BCUT2D eigenvalue weighted by atomic mass is 10.0. The standard InChI is InChI=1S/C19H20Cl2N2O5S/c1-12(23-29(26,27)16-9-7-15(21)8-10-16)19(25)22-17(11-18(24)28-2)13-3-5-14(20)6-4-13/h3-10,12,17,23H,11H2,1-2H3,(H,22,25)/t12-,17?/m0/s1. The van der Waals surface area contributed by atoms with Gasteiger partial charge in [0.2, 0.25) is 15.9 Å². The summed E-state index contributed by atoms with van der Waals surface area (Å²) in [5.41, 5.74) is 0.626. The average Bonchev–Trinajstić information content (AvgIpc) is 2.67. The van der Waals surface area contributed by atoms with E-state index in [-0.39, 0.29) is 11.3 Å². The summed E-state index contributed by atoms with van der Waals surface area (Å²) in [6.45, 7) is 1.40. The lowest BCUT2D eigenvalue weighted by Crippen LogP contribution is -2.46. The Balaban J connectivity index is 2.13. The van der Waals surface area contributed by atoms with Gasteiger partial charge in [0.15, 0.2) is 0 Å². The Morgan fingerprint density at radius 2 is 1.52 bits per heavy atom. The average molecular weight is 459 g/mol. The Kier molecular flexibility index (Phi) is 8.04. The minimum atomic E-state index is -3.93. The van der Waals surface area contributed by atoms with Crippen LogP contribution in [0.25, 0.3) is 0 Å². The summed E-state index contributed by atoms with van der Waals surface area (Å²) in [5.74, 6) is -1.13. The molecular weight excluding hydrogens is 439 g/mol. The highest BCUT2D eigenvalue weighted by atomic mass is 35.5. The van der Waals surface area contributed by atoms with Gasteiger partial charge in [-0.05, 0) is 48.9 Å². The van der Waals surface area contributed by atoms with Crippen LogP contribution >= 0.6 is 23.2 Å². The van der Waals surface area contributed by atoms with E-state index in [4.69, 9.17) is 23.2 Å². The fraction of sp³-hybridized carbons (Fsp3) is 0.263. The van der Waals surface area contributed by atoms with Gasteiger partial charge in [-0.15, -0.1) is 0 Å². The Morgan fingerprint density at radius 1 is 1.00 bits per heavy atom. The molecule has 156 valence electrons. The van der Waals surface area contributed by atoms with E-state index in [1.54, 1.807) is 24.3 Å². The van der Waals surface area contributed by atoms with Gasteiger partial charge < -0.3 is 10.1 Å². The highest BCUT2D eigenvalue weighted by Gasteiger charge is 2.25. The number of nitrogens with one attached hydrogen (secondary N) is 2. The molecule has 0 bridgehead atoms. The van der Waals surface area contributed by atoms with Crippen molar-refractivity contribution in [2.75, 3.05) is 7.11 Å². The molecule has 2 aromatic rings. The molecule has 2 atom stereocenters. The highest BCUT2D eigenvalue weighted by Crippen LogP contribution is 2.20. The number of esters is 1. The zero-order chi connectivity index (χ0) is 21.6. The summed E-state index contributed by atoms with van der Waals surface area (Å²) in [6.07, 6.45) is -0.124. The lowest BCUT2D eigenvalue weighted by molar-refractivity contribution is -0.141. The molecule has 0 fully saturated rings. The van der Waals surface area contributed by atoms with Crippen LogP contribution in [0.4, 0.5) is 0 Å². The van der Waals surface area contributed by atoms with Crippen LogP contribution in [-0.2, 0) is 24.3 Å². The fourth-order valence-electron chi connectivity index (χ4n) is 2.46. The van der Waals surface area contributed by atoms with E-state index in [2.05, 4.69) is 14.8 Å². The van der Waals surface area contributed by atoms with E-state index in [1.807, 2.05) is 0 Å². The second-order valence-electron chi connectivity index (χ2n) is 6.19. The van der Waals surface area contributed by atoms with E-state index < -0.39 is 34.0 Å². The summed E-state index contributed by atoms with van der Waals surface area (Å²) in [7, 11) is -2.69. The van der Waals surface area contributed by atoms with Gasteiger partial charge in [-0.1, -0.05) is 35.3 Å². The van der Waals surface area contributed by atoms with E-state index in [0.717, 1.165) is 0 Å². The Hall–Kier alpha value is -2.13. The van der Waals surface area contributed by atoms with Crippen molar-refractivity contribution in [2.45, 2.75) is 30.3 Å². The molecule has 0 aromatic heterocycles. The third-order valence-corrected chi connectivity index (χ3v) is 6.10. The molecule has 0 radical (unpaired) electrons. The van der Waals surface area contributed by atoms with Gasteiger partial charge in [-0.3, -0.25) is 9.59 Å². The number of amides is 1. The summed E-state index contributed by atoms with van der Waals surface area (Å²) >= 11 is 11.7. The number of carbonyl (C=O) groups excluding carboxylic acids is 2. The van der Waals surface area contributed by atoms with E-state index in [0.29, 0.717) is 15.6 Å². The van der Waals surface area contributed by atoms with Crippen molar-refractivity contribution < 1.29 is 22.7 Å². The first kappa shape index (κ1) is 23.2. The van der Waals surface area contributed by atoms with Gasteiger partial charge >= 0.3 is 5.97 Å². The number of ether oxygens (including phenoxy) is 1. The van der Waals surface area contributed by atoms with Crippen molar-refractivity contribution in [3.63, 3.8) is 0 Å². The Bertz CT molecular complexity index is 963. The van der Waals surface area contributed by atoms with Gasteiger partial charge in [0.25, 0.3) is 0 Å². The summed E-state index contributed by atoms with van der Waals surface area (Å²) < 4.78 is 31.9. The zero-order valence-electron chi connectivity index (χ0n) is 15.7. The largest absolute Gasteiger partial charge is 0.469 e. The van der Waals surface area contributed by atoms with E-state index in [1.165, 1.54) is 38.3 Å². The molecule has 7 nitrogen and oxygen atoms in total. The first-order chi connectivity index (χ1) is 13.6. The molecule has 0 spiro atoms. The predicted molar refractivity (Wildman–Crippen MR) is 110 cm³/mol. The third-order valence-electron chi connectivity index (χ3n) is 4.04. The number of sulfonamides is 1. The van der Waals surface area contributed by atoms with Gasteiger partial charge in [0.05, 0.1) is 30.5 Å². The van der Waals surface area contributed by atoms with Gasteiger partial charge in [-0.2, -0.15) is 4.72 Å². The number of rotatable bonds is 8. The van der Waals surface area contributed by atoms with Crippen LogP contribution in [0.3, 0.4) is 0 Å². The fourth-order valence-corrected chi connectivity index (χ4v) is 3.92. The molecule has 0 aliphatic carbocycles. The number of hydrogen-bond donors (Lipinski definition) is 2. The minimum Gasteiger partial charge on any atom is -0.469 e. The van der Waals surface area contributed by atoms with Crippen molar-refractivity contribution in [3.05, 3.63) is 64.1 Å². The predicted octanol–water partition coefficient (Wildman–Crippen LogP) is 3.08. The molecule has 0 aliphatic rings. The maximum Gasteiger partial charge on any atom is 0.307 e. The zero-order valence-corrected chi connectivity index (χ0v) is 18.0. The molecule has 2 aromatic carbocycles. The van der Waals surface area contributed by atoms with Crippen LogP contribution in [0.2, 0.25) is 10.0 Å². The molecule has 2 rings (SSSR count). The third kappa shape index (κ3) is 6.71. The van der Waals surface area contributed by atoms with Crippen LogP contribution in [-0.4, -0.2) is 33.4 Å². The molecular formula is C19H20Cl2N2O5S. The summed E-state index contributed by atoms with van der Waals surface area (Å²) in [6, 6.07) is 10.3. The number of methoxy groups -OCH3 is 1. The SMILES string of the molecule is COC(=O)CC(NC(=O)[C@H](C)NS(=O)(=O)c1ccc(Cl)cc1)c1ccc(Cl)cc1. The molecule has 0 saturated heterocycles. The normalized spacial score (nSPS) is 13.4. The lowest BCUT2D eigenvalue weighted by Gasteiger charge is -2.21. The molecule has 1 amide bonds. The van der Waals surface area contributed by atoms with Crippen LogP contribution in [0.5, 0.6) is 0 Å². The molecule has 2 N–H and O–H groups in total. The molecule has 0 saturated carbocycles. The number of carbonyl (C=O) groups is 2. The molecule has 29 heavy (non-hydrogen) atoms. The smallest absolute Gasteiger partial charge is 0.307 e. The quantitative estimate of drug-likeness (QED) is 0.591. The summed E-state index contributed by atoms with van der Waals surface area (Å²) in [4.78, 5) is 24.3. The Morgan fingerprint density at radius 3 is 2.03 bits per heavy atom. The first-order valence-electron chi connectivity index (χ1n) is 8.53. The molecule has 0 heterocycles. The molecule has 10 heteroatoms. The Labute approximate surface area is 179 Å². The number of hydrogen-bond acceptors (Lipinski definition) is 5. The van der Waals surface area contributed by atoms with Crippen LogP contribution < -0.4 is 10.0 Å². The van der Waals surface area contributed by atoms with Crippen molar-refractivity contribution in [3.8, 4) is 0 Å². The van der Waals surface area contributed by atoms with Crippen molar-refractivity contribution >= 4 is 45.1 Å². The maximum absolute atomic E-state index is 12.6.